The number of carbonyl (C=O) groups is 1. The van der Waals surface area contributed by atoms with E-state index in [9.17, 15) is 4.79 Å². The molecule has 4 nitrogen and oxygen atoms in total. The van der Waals surface area contributed by atoms with Gasteiger partial charge in [-0.3, -0.25) is 0 Å². The van der Waals surface area contributed by atoms with Gasteiger partial charge in [-0.1, -0.05) is 13.8 Å². The van der Waals surface area contributed by atoms with Crippen LogP contribution in [0.2, 0.25) is 0 Å². The first-order chi connectivity index (χ1) is 6.75. The van der Waals surface area contributed by atoms with E-state index in [4.69, 9.17) is 9.47 Å². The number of hydrogen-bond donors (Lipinski definition) is 1. The summed E-state index contributed by atoms with van der Waals surface area (Å²) in [6.07, 6.45) is -0.362. The molecule has 0 aromatic rings. The normalized spacial score (nSPS) is 19.6. The van der Waals surface area contributed by atoms with Crippen molar-refractivity contribution in [2.75, 3.05) is 13.2 Å². The van der Waals surface area contributed by atoms with Gasteiger partial charge in [0, 0.05) is 0 Å². The average molecular weight is 215 g/mol. The number of hydrogen-bond acceptors (Lipinski definition) is 3. The molecule has 0 radical (unpaired) electrons. The summed E-state index contributed by atoms with van der Waals surface area (Å²) in [4.78, 5) is 11.6. The molecular weight excluding hydrogens is 194 g/mol. The number of carbonyl (C=O) groups excluding carboxylic acids is 1. The van der Waals surface area contributed by atoms with E-state index < -0.39 is 5.60 Å². The summed E-state index contributed by atoms with van der Waals surface area (Å²) >= 11 is 0. The number of nitrogens with one attached hydrogen (secondary N) is 1. The van der Waals surface area contributed by atoms with Crippen molar-refractivity contribution < 1.29 is 14.3 Å². The maximum Gasteiger partial charge on any atom is 0.408 e. The van der Waals surface area contributed by atoms with Crippen LogP contribution in [0.3, 0.4) is 0 Å². The first-order valence-corrected chi connectivity index (χ1v) is 5.34. The smallest absolute Gasteiger partial charge is 0.408 e. The van der Waals surface area contributed by atoms with Gasteiger partial charge in [-0.05, 0) is 26.7 Å². The van der Waals surface area contributed by atoms with Gasteiger partial charge in [-0.25, -0.2) is 4.79 Å². The van der Waals surface area contributed by atoms with E-state index in [0.717, 1.165) is 0 Å². The van der Waals surface area contributed by atoms with Gasteiger partial charge in [0.1, 0.15) is 5.60 Å². The lowest BCUT2D eigenvalue weighted by molar-refractivity contribution is -0.0973. The van der Waals surface area contributed by atoms with Gasteiger partial charge >= 0.3 is 6.09 Å². The molecule has 1 aliphatic rings. The van der Waals surface area contributed by atoms with Gasteiger partial charge in [-0.2, -0.15) is 0 Å². The molecule has 1 N–H and O–H groups in total. The second-order valence-electron chi connectivity index (χ2n) is 5.43. The van der Waals surface area contributed by atoms with Gasteiger partial charge in [-0.15, -0.1) is 0 Å². The molecule has 1 saturated heterocycles. The predicted octanol–water partition coefficient (Wildman–Crippen LogP) is 1.94. The minimum atomic E-state index is -0.452. The lowest BCUT2D eigenvalue weighted by Crippen LogP contribution is -2.65. The zero-order valence-corrected chi connectivity index (χ0v) is 10.2. The summed E-state index contributed by atoms with van der Waals surface area (Å²) in [6, 6.07) is 0. The third-order valence-corrected chi connectivity index (χ3v) is 2.57. The molecule has 0 spiro atoms. The molecule has 15 heavy (non-hydrogen) atoms. The molecule has 0 aromatic heterocycles. The van der Waals surface area contributed by atoms with E-state index in [2.05, 4.69) is 19.2 Å². The molecule has 0 aromatic carbocycles. The molecule has 0 aliphatic carbocycles. The number of alkyl carbamates (subject to hydrolysis) is 1. The highest BCUT2D eigenvalue weighted by Gasteiger charge is 2.43. The fraction of sp³-hybridized carbons (Fsp3) is 0.909. The van der Waals surface area contributed by atoms with Crippen molar-refractivity contribution in [2.24, 2.45) is 5.92 Å². The van der Waals surface area contributed by atoms with E-state index in [-0.39, 0.29) is 11.6 Å². The Morgan fingerprint density at radius 1 is 1.40 bits per heavy atom. The SMILES string of the molecule is CC(C)C1(NC(=O)OC(C)(C)C)COC1. The second kappa shape index (κ2) is 4.00. The molecule has 0 unspecified atom stereocenters. The van der Waals surface area contributed by atoms with Gasteiger partial charge in [0.25, 0.3) is 0 Å². The molecule has 0 atom stereocenters. The van der Waals surface area contributed by atoms with Crippen molar-refractivity contribution in [1.29, 1.82) is 0 Å². The third-order valence-electron chi connectivity index (χ3n) is 2.57. The molecular formula is C11H21NO3. The fourth-order valence-corrected chi connectivity index (χ4v) is 1.38. The van der Waals surface area contributed by atoms with Gasteiger partial charge in [0.05, 0.1) is 18.8 Å². The second-order valence-corrected chi connectivity index (χ2v) is 5.43. The molecule has 0 bridgehead atoms. The molecule has 0 saturated carbocycles. The van der Waals surface area contributed by atoms with Crippen molar-refractivity contribution >= 4 is 6.09 Å². The van der Waals surface area contributed by atoms with Crippen LogP contribution in [0.25, 0.3) is 0 Å². The van der Waals surface area contributed by atoms with Crippen molar-refractivity contribution in [2.45, 2.75) is 45.8 Å². The monoisotopic (exact) mass is 215 g/mol. The predicted molar refractivity (Wildman–Crippen MR) is 57.8 cm³/mol. The summed E-state index contributed by atoms with van der Waals surface area (Å²) in [6.45, 7) is 10.8. The van der Waals surface area contributed by atoms with Crippen LogP contribution in [0, 0.1) is 5.92 Å². The Morgan fingerprint density at radius 2 is 1.93 bits per heavy atom. The highest BCUT2D eigenvalue weighted by molar-refractivity contribution is 5.69. The Hall–Kier alpha value is -0.770. The lowest BCUT2D eigenvalue weighted by Gasteiger charge is -2.45. The van der Waals surface area contributed by atoms with E-state index in [1.54, 1.807) is 0 Å². The Labute approximate surface area is 91.3 Å². The standard InChI is InChI=1S/C11H21NO3/c1-8(2)11(6-14-7-11)12-9(13)15-10(3,4)5/h8H,6-7H2,1-5H3,(H,12,13). The maximum absolute atomic E-state index is 11.6. The van der Waals surface area contributed by atoms with Crippen molar-refractivity contribution in [3.8, 4) is 0 Å². The Balaban J connectivity index is 2.50. The minimum Gasteiger partial charge on any atom is -0.444 e. The third kappa shape index (κ3) is 3.09. The van der Waals surface area contributed by atoms with Crippen LogP contribution in [-0.4, -0.2) is 30.4 Å². The van der Waals surface area contributed by atoms with Crippen LogP contribution in [0.5, 0.6) is 0 Å². The molecule has 88 valence electrons. The first kappa shape index (κ1) is 12.3. The topological polar surface area (TPSA) is 47.6 Å². The average Bonchev–Trinajstić information content (AvgIpc) is 1.92. The zero-order chi connectivity index (χ0) is 11.7. The Bertz CT molecular complexity index is 239. The van der Waals surface area contributed by atoms with Gasteiger partial charge in [0.15, 0.2) is 0 Å². The van der Waals surface area contributed by atoms with Crippen LogP contribution in [0.1, 0.15) is 34.6 Å². The van der Waals surface area contributed by atoms with Crippen molar-refractivity contribution in [1.82, 2.24) is 5.32 Å². The highest BCUT2D eigenvalue weighted by atomic mass is 16.6. The van der Waals surface area contributed by atoms with Crippen molar-refractivity contribution in [3.05, 3.63) is 0 Å². The van der Waals surface area contributed by atoms with Crippen LogP contribution in [0.4, 0.5) is 4.79 Å². The largest absolute Gasteiger partial charge is 0.444 e. The van der Waals surface area contributed by atoms with Crippen LogP contribution in [-0.2, 0) is 9.47 Å². The fourth-order valence-electron chi connectivity index (χ4n) is 1.38. The molecule has 1 rings (SSSR count). The lowest BCUT2D eigenvalue weighted by atomic mass is 9.85. The summed E-state index contributed by atoms with van der Waals surface area (Å²) < 4.78 is 10.4. The van der Waals surface area contributed by atoms with Crippen molar-refractivity contribution in [3.63, 3.8) is 0 Å². The summed E-state index contributed by atoms with van der Waals surface area (Å²) in [7, 11) is 0. The quantitative estimate of drug-likeness (QED) is 0.765. The first-order valence-electron chi connectivity index (χ1n) is 5.34. The molecule has 1 aliphatic heterocycles. The highest BCUT2D eigenvalue weighted by Crippen LogP contribution is 2.26. The maximum atomic E-state index is 11.6. The minimum absolute atomic E-state index is 0.234. The molecule has 1 heterocycles. The Morgan fingerprint density at radius 3 is 2.20 bits per heavy atom. The van der Waals surface area contributed by atoms with Gasteiger partial charge in [0.2, 0.25) is 0 Å². The van der Waals surface area contributed by atoms with Crippen LogP contribution >= 0.6 is 0 Å². The summed E-state index contributed by atoms with van der Waals surface area (Å²) in [5, 5.41) is 2.90. The van der Waals surface area contributed by atoms with E-state index in [1.165, 1.54) is 0 Å². The molecule has 1 amide bonds. The van der Waals surface area contributed by atoms with E-state index >= 15 is 0 Å². The number of ether oxygens (including phenoxy) is 2. The van der Waals surface area contributed by atoms with E-state index in [1.807, 2.05) is 20.8 Å². The zero-order valence-electron chi connectivity index (χ0n) is 10.2. The summed E-state index contributed by atoms with van der Waals surface area (Å²) in [5.41, 5.74) is -0.685. The van der Waals surface area contributed by atoms with Gasteiger partial charge < -0.3 is 14.8 Å². The number of amides is 1. The molecule has 1 fully saturated rings. The summed E-state index contributed by atoms with van der Waals surface area (Å²) in [5.74, 6) is 0.346. The van der Waals surface area contributed by atoms with Crippen LogP contribution < -0.4 is 5.32 Å². The van der Waals surface area contributed by atoms with Crippen LogP contribution in [0.15, 0.2) is 0 Å². The van der Waals surface area contributed by atoms with E-state index in [0.29, 0.717) is 19.1 Å². The number of rotatable bonds is 2. The Kier molecular flexibility index (Phi) is 3.28. The molecule has 4 heteroatoms.